The zero-order valence-electron chi connectivity index (χ0n) is 11.5. The minimum absolute atomic E-state index is 0.189. The highest BCUT2D eigenvalue weighted by atomic mass is 16.4. The van der Waals surface area contributed by atoms with Crippen LogP contribution in [0.3, 0.4) is 0 Å². The van der Waals surface area contributed by atoms with Gasteiger partial charge in [-0.2, -0.15) is 0 Å². The normalized spacial score (nSPS) is 14.1. The second-order valence-corrected chi connectivity index (χ2v) is 5.03. The molecule has 0 rings (SSSR count). The predicted octanol–water partition coefficient (Wildman–Crippen LogP) is 0.898. The maximum Gasteiger partial charge on any atom is 0.326 e. The van der Waals surface area contributed by atoms with E-state index in [1.807, 2.05) is 13.8 Å². The number of rotatable bonds is 7. The lowest BCUT2D eigenvalue weighted by molar-refractivity contribution is -0.139. The van der Waals surface area contributed by atoms with Crippen LogP contribution in [-0.2, 0) is 4.79 Å². The fourth-order valence-corrected chi connectivity index (χ4v) is 1.43. The van der Waals surface area contributed by atoms with Crippen molar-refractivity contribution in [1.29, 1.82) is 0 Å². The van der Waals surface area contributed by atoms with E-state index >= 15 is 0 Å². The van der Waals surface area contributed by atoms with Crippen molar-refractivity contribution in [3.8, 4) is 0 Å². The Labute approximate surface area is 108 Å². The average molecular weight is 260 g/mol. The van der Waals surface area contributed by atoms with E-state index in [9.17, 15) is 9.59 Å². The number of carbonyl (C=O) groups excluding carboxylic acids is 1. The Morgan fingerprint density at radius 2 is 1.83 bits per heavy atom. The molecule has 2 unspecified atom stereocenters. The number of amides is 2. The van der Waals surface area contributed by atoms with Crippen LogP contribution in [0.1, 0.15) is 33.6 Å². The summed E-state index contributed by atoms with van der Waals surface area (Å²) in [6.07, 6.45) is 0.378. The standard InChI is InChI=1S/C12H24N2O4/c1-8(2)7-10(11(16)17)13-12(18)14(4)6-5-9(3)15/h8-10,15H,5-7H2,1-4H3,(H,13,18)(H,16,17). The van der Waals surface area contributed by atoms with Crippen LogP contribution in [0.15, 0.2) is 0 Å². The SMILES string of the molecule is CC(C)CC(NC(=O)N(C)CCC(C)O)C(=O)O. The molecule has 0 aliphatic carbocycles. The lowest BCUT2D eigenvalue weighted by Crippen LogP contribution is -2.47. The van der Waals surface area contributed by atoms with Gasteiger partial charge in [0.25, 0.3) is 0 Å². The van der Waals surface area contributed by atoms with E-state index in [1.165, 1.54) is 4.90 Å². The largest absolute Gasteiger partial charge is 0.480 e. The molecule has 2 amide bonds. The van der Waals surface area contributed by atoms with Gasteiger partial charge in [-0.1, -0.05) is 13.8 Å². The second kappa shape index (κ2) is 7.92. The van der Waals surface area contributed by atoms with Crippen LogP contribution >= 0.6 is 0 Å². The summed E-state index contributed by atoms with van der Waals surface area (Å²) in [5.41, 5.74) is 0. The van der Waals surface area contributed by atoms with Crippen molar-refractivity contribution < 1.29 is 19.8 Å². The number of nitrogens with one attached hydrogen (secondary N) is 1. The molecular formula is C12H24N2O4. The van der Waals surface area contributed by atoms with Crippen LogP contribution in [0.5, 0.6) is 0 Å². The van der Waals surface area contributed by atoms with Crippen molar-refractivity contribution in [2.75, 3.05) is 13.6 Å². The Kier molecular flexibility index (Phi) is 7.35. The number of aliphatic carboxylic acids is 1. The zero-order chi connectivity index (χ0) is 14.3. The summed E-state index contributed by atoms with van der Waals surface area (Å²) in [5, 5.41) is 20.6. The van der Waals surface area contributed by atoms with Crippen LogP contribution in [0.25, 0.3) is 0 Å². The summed E-state index contributed by atoms with van der Waals surface area (Å²) in [5.74, 6) is -0.838. The summed E-state index contributed by atoms with van der Waals surface area (Å²) < 4.78 is 0. The highest BCUT2D eigenvalue weighted by molar-refractivity contribution is 5.82. The molecule has 0 aromatic carbocycles. The van der Waals surface area contributed by atoms with Gasteiger partial charge in [-0.05, 0) is 25.7 Å². The van der Waals surface area contributed by atoms with E-state index in [0.717, 1.165) is 0 Å². The highest BCUT2D eigenvalue weighted by Gasteiger charge is 2.22. The third-order valence-electron chi connectivity index (χ3n) is 2.53. The van der Waals surface area contributed by atoms with Crippen molar-refractivity contribution in [1.82, 2.24) is 10.2 Å². The van der Waals surface area contributed by atoms with E-state index in [2.05, 4.69) is 5.32 Å². The smallest absolute Gasteiger partial charge is 0.326 e. The first-order valence-electron chi connectivity index (χ1n) is 6.16. The Hall–Kier alpha value is -1.30. The first kappa shape index (κ1) is 16.7. The third kappa shape index (κ3) is 7.11. The number of aliphatic hydroxyl groups is 1. The molecule has 6 heteroatoms. The number of hydrogen-bond donors (Lipinski definition) is 3. The molecule has 0 saturated heterocycles. The van der Waals surface area contributed by atoms with Gasteiger partial charge < -0.3 is 20.4 Å². The lowest BCUT2D eigenvalue weighted by atomic mass is 10.0. The molecule has 2 atom stereocenters. The molecule has 6 nitrogen and oxygen atoms in total. The second-order valence-electron chi connectivity index (χ2n) is 5.03. The Morgan fingerprint density at radius 3 is 2.22 bits per heavy atom. The summed E-state index contributed by atoms with van der Waals surface area (Å²) in [7, 11) is 1.58. The van der Waals surface area contributed by atoms with Gasteiger partial charge in [-0.3, -0.25) is 0 Å². The molecule has 18 heavy (non-hydrogen) atoms. The maximum absolute atomic E-state index is 11.7. The number of hydrogen-bond acceptors (Lipinski definition) is 3. The number of carboxylic acids is 1. The van der Waals surface area contributed by atoms with E-state index in [4.69, 9.17) is 10.2 Å². The van der Waals surface area contributed by atoms with Crippen molar-refractivity contribution in [2.45, 2.75) is 45.8 Å². The summed E-state index contributed by atoms with van der Waals surface area (Å²) in [6, 6.07) is -1.30. The molecular weight excluding hydrogens is 236 g/mol. The van der Waals surface area contributed by atoms with Gasteiger partial charge in [-0.15, -0.1) is 0 Å². The fraction of sp³-hybridized carbons (Fsp3) is 0.833. The molecule has 0 radical (unpaired) electrons. The third-order valence-corrected chi connectivity index (χ3v) is 2.53. The van der Waals surface area contributed by atoms with Gasteiger partial charge in [0.15, 0.2) is 0 Å². The molecule has 0 aromatic heterocycles. The number of urea groups is 1. The van der Waals surface area contributed by atoms with Crippen molar-refractivity contribution in [3.05, 3.63) is 0 Å². The number of aliphatic hydroxyl groups excluding tert-OH is 1. The fourth-order valence-electron chi connectivity index (χ4n) is 1.43. The minimum atomic E-state index is -1.03. The topological polar surface area (TPSA) is 89.9 Å². The molecule has 0 aromatic rings. The Balaban J connectivity index is 4.27. The summed E-state index contributed by atoms with van der Waals surface area (Å²) in [4.78, 5) is 24.1. The molecule has 3 N–H and O–H groups in total. The van der Waals surface area contributed by atoms with Crippen molar-refractivity contribution >= 4 is 12.0 Å². The van der Waals surface area contributed by atoms with Gasteiger partial charge in [0.2, 0.25) is 0 Å². The van der Waals surface area contributed by atoms with Gasteiger partial charge in [0.1, 0.15) is 6.04 Å². The summed E-state index contributed by atoms with van der Waals surface area (Å²) >= 11 is 0. The minimum Gasteiger partial charge on any atom is -0.480 e. The van der Waals surface area contributed by atoms with E-state index in [1.54, 1.807) is 14.0 Å². The average Bonchev–Trinajstić information content (AvgIpc) is 2.23. The quantitative estimate of drug-likeness (QED) is 0.634. The van der Waals surface area contributed by atoms with Gasteiger partial charge in [0, 0.05) is 13.6 Å². The van der Waals surface area contributed by atoms with Crippen molar-refractivity contribution in [3.63, 3.8) is 0 Å². The first-order chi connectivity index (χ1) is 8.23. The van der Waals surface area contributed by atoms with Crippen LogP contribution in [0.2, 0.25) is 0 Å². The maximum atomic E-state index is 11.7. The van der Waals surface area contributed by atoms with Crippen LogP contribution in [-0.4, -0.2) is 52.9 Å². The Bertz CT molecular complexity index is 279. The van der Waals surface area contributed by atoms with E-state index in [-0.39, 0.29) is 5.92 Å². The van der Waals surface area contributed by atoms with Crippen molar-refractivity contribution in [2.24, 2.45) is 5.92 Å². The number of carboxylic acid groups (broad SMARTS) is 1. The van der Waals surface area contributed by atoms with Crippen LogP contribution < -0.4 is 5.32 Å². The number of carbonyl (C=O) groups is 2. The monoisotopic (exact) mass is 260 g/mol. The van der Waals surface area contributed by atoms with Gasteiger partial charge in [0.05, 0.1) is 6.10 Å². The van der Waals surface area contributed by atoms with E-state index in [0.29, 0.717) is 19.4 Å². The van der Waals surface area contributed by atoms with Gasteiger partial charge in [-0.25, -0.2) is 9.59 Å². The predicted molar refractivity (Wildman–Crippen MR) is 68.3 cm³/mol. The molecule has 0 aliphatic rings. The number of nitrogens with zero attached hydrogens (tertiary/aromatic N) is 1. The molecule has 0 fully saturated rings. The van der Waals surface area contributed by atoms with Gasteiger partial charge >= 0.3 is 12.0 Å². The first-order valence-corrected chi connectivity index (χ1v) is 6.16. The van der Waals surface area contributed by atoms with E-state index < -0.39 is 24.1 Å². The van der Waals surface area contributed by atoms with Crippen LogP contribution in [0, 0.1) is 5.92 Å². The molecule has 0 bridgehead atoms. The molecule has 0 aliphatic heterocycles. The van der Waals surface area contributed by atoms with Crippen LogP contribution in [0.4, 0.5) is 4.79 Å². The molecule has 106 valence electrons. The molecule has 0 spiro atoms. The lowest BCUT2D eigenvalue weighted by Gasteiger charge is -2.22. The molecule has 0 saturated carbocycles. The molecule has 0 heterocycles. The Morgan fingerprint density at radius 1 is 1.28 bits per heavy atom. The summed E-state index contributed by atoms with van der Waals surface area (Å²) in [6.45, 7) is 5.83. The zero-order valence-corrected chi connectivity index (χ0v) is 11.5. The highest BCUT2D eigenvalue weighted by Crippen LogP contribution is 2.05.